The molecular formula is C25H35N3O5. The van der Waals surface area contributed by atoms with Gasteiger partial charge in [0, 0.05) is 17.5 Å². The topological polar surface area (TPSA) is 97.3 Å². The molecule has 1 aliphatic heterocycles. The largest absolute Gasteiger partial charge is 0.458 e. The van der Waals surface area contributed by atoms with Crippen molar-refractivity contribution >= 4 is 23.9 Å². The number of carbonyl (C=O) groups excluding carboxylic acids is 3. The van der Waals surface area contributed by atoms with E-state index < -0.39 is 43.1 Å². The zero-order chi connectivity index (χ0) is 26.6. The Kier molecular flexibility index (Phi) is 8.80. The van der Waals surface area contributed by atoms with Crippen LogP contribution in [0, 0.1) is 0 Å². The van der Waals surface area contributed by atoms with Gasteiger partial charge in [0.15, 0.2) is 0 Å². The number of nitrogens with zero attached hydrogens (tertiary/aromatic N) is 2. The summed E-state index contributed by atoms with van der Waals surface area (Å²) in [5.74, 6) is -1.94. The molecule has 33 heavy (non-hydrogen) atoms. The van der Waals surface area contributed by atoms with Crippen LogP contribution >= 0.6 is 0 Å². The van der Waals surface area contributed by atoms with Crippen LogP contribution in [-0.4, -0.2) is 48.0 Å². The number of esters is 1. The van der Waals surface area contributed by atoms with Gasteiger partial charge in [-0.1, -0.05) is 42.5 Å². The summed E-state index contributed by atoms with van der Waals surface area (Å²) in [6.07, 6.45) is 7.45. The molecule has 0 spiro atoms. The Morgan fingerprint density at radius 3 is 2.64 bits per heavy atom. The highest BCUT2D eigenvalue weighted by Crippen LogP contribution is 2.19. The molecule has 1 aromatic carbocycles. The van der Waals surface area contributed by atoms with Crippen molar-refractivity contribution in [2.75, 3.05) is 13.5 Å². The van der Waals surface area contributed by atoms with Crippen molar-refractivity contribution in [2.45, 2.75) is 71.0 Å². The van der Waals surface area contributed by atoms with Crippen LogP contribution in [0.4, 0.5) is 4.79 Å². The zero-order valence-corrected chi connectivity index (χ0v) is 19.3. The quantitative estimate of drug-likeness (QED) is 0.521. The molecule has 0 saturated carbocycles. The Morgan fingerprint density at radius 2 is 1.91 bits per heavy atom. The molecule has 1 aromatic rings. The normalized spacial score (nSPS) is 22.7. The molecule has 2 amide bonds. The molecule has 2 rings (SSSR count). The Hall–Kier alpha value is -3.16. The van der Waals surface area contributed by atoms with Crippen molar-refractivity contribution in [3.63, 3.8) is 0 Å². The Balaban J connectivity index is 2.29. The highest BCUT2D eigenvalue weighted by atomic mass is 16.6. The van der Waals surface area contributed by atoms with Gasteiger partial charge in [-0.2, -0.15) is 0 Å². The van der Waals surface area contributed by atoms with Crippen molar-refractivity contribution < 1.29 is 28.0 Å². The Labute approximate surface area is 200 Å². The number of hydrogen-bond acceptors (Lipinski definition) is 5. The predicted octanol–water partition coefficient (Wildman–Crippen LogP) is 4.35. The Morgan fingerprint density at radius 1 is 1.18 bits per heavy atom. The lowest BCUT2D eigenvalue weighted by Crippen LogP contribution is -2.46. The number of ether oxygens (including phenoxy) is 2. The summed E-state index contributed by atoms with van der Waals surface area (Å²) >= 11 is 0. The molecule has 1 aliphatic rings. The SMILES string of the molecule is [2H]C([2H])([2H])N1CC(=O)OC(C)(C)CCC/C=C/CCCCC(=O)N/C1=N/C(=O)OCc1ccccc1. The lowest BCUT2D eigenvalue weighted by Gasteiger charge is -2.27. The first-order valence-corrected chi connectivity index (χ1v) is 11.2. The second kappa shape index (κ2) is 13.4. The summed E-state index contributed by atoms with van der Waals surface area (Å²) in [4.78, 5) is 42.0. The average molecular weight is 461 g/mol. The maximum atomic E-state index is 12.7. The third-order valence-corrected chi connectivity index (χ3v) is 4.93. The van der Waals surface area contributed by atoms with Crippen LogP contribution in [-0.2, 0) is 25.7 Å². The third-order valence-electron chi connectivity index (χ3n) is 4.93. The van der Waals surface area contributed by atoms with Crippen LogP contribution < -0.4 is 5.32 Å². The molecule has 1 N–H and O–H groups in total. The highest BCUT2D eigenvalue weighted by molar-refractivity contribution is 6.01. The molecule has 0 unspecified atom stereocenters. The Bertz CT molecular complexity index is 946. The molecule has 0 bridgehead atoms. The fourth-order valence-corrected chi connectivity index (χ4v) is 3.21. The van der Waals surface area contributed by atoms with E-state index in [9.17, 15) is 14.4 Å². The van der Waals surface area contributed by atoms with Gasteiger partial charge in [0.05, 0.1) is 0 Å². The number of amides is 2. The first kappa shape index (κ1) is 21.7. The van der Waals surface area contributed by atoms with Crippen molar-refractivity contribution in [1.82, 2.24) is 10.2 Å². The maximum absolute atomic E-state index is 12.7. The van der Waals surface area contributed by atoms with Gasteiger partial charge in [0.2, 0.25) is 11.9 Å². The number of allylic oxidation sites excluding steroid dienone is 2. The number of cyclic esters (lactones) is 1. The van der Waals surface area contributed by atoms with Crippen LogP contribution in [0.1, 0.15) is 68.5 Å². The standard InChI is InChI=1S/C25H35N3O5/c1-25(2)17-13-8-6-4-5-7-12-16-21(29)26-23(28(3)18-22(30)33-25)27-24(31)32-19-20-14-10-9-11-15-20/h4,6,9-11,14-15H,5,7-8,12-13,16-19H2,1-3H3,(H,26,27,29,31)/b6-4+/i3D3. The number of likely N-dealkylation sites (N-methyl/N-ethyl adjacent to an activating group) is 1. The molecule has 8 heteroatoms. The van der Waals surface area contributed by atoms with Gasteiger partial charge in [-0.15, -0.1) is 4.99 Å². The predicted molar refractivity (Wildman–Crippen MR) is 126 cm³/mol. The third kappa shape index (κ3) is 10.8. The average Bonchev–Trinajstić information content (AvgIpc) is 2.79. The van der Waals surface area contributed by atoms with E-state index in [0.717, 1.165) is 25.7 Å². The van der Waals surface area contributed by atoms with Gasteiger partial charge < -0.3 is 14.4 Å². The molecule has 0 aliphatic carbocycles. The number of aliphatic imine (C=N–C) groups is 1. The van der Waals surface area contributed by atoms with Crippen LogP contribution in [0.3, 0.4) is 0 Å². The molecule has 0 atom stereocenters. The van der Waals surface area contributed by atoms with Crippen LogP contribution in [0.25, 0.3) is 0 Å². The molecule has 8 nitrogen and oxygen atoms in total. The number of guanidine groups is 1. The van der Waals surface area contributed by atoms with Crippen molar-refractivity contribution in [1.29, 1.82) is 0 Å². The minimum Gasteiger partial charge on any atom is -0.458 e. The van der Waals surface area contributed by atoms with Crippen molar-refractivity contribution in [3.05, 3.63) is 48.0 Å². The molecule has 180 valence electrons. The van der Waals surface area contributed by atoms with E-state index >= 15 is 0 Å². The fraction of sp³-hybridized carbons (Fsp3) is 0.520. The molecule has 0 fully saturated rings. The van der Waals surface area contributed by atoms with E-state index in [-0.39, 0.29) is 13.0 Å². The van der Waals surface area contributed by atoms with Gasteiger partial charge in [-0.3, -0.25) is 14.9 Å². The number of carbonyl (C=O) groups is 3. The van der Waals surface area contributed by atoms with E-state index in [4.69, 9.17) is 13.6 Å². The fourth-order valence-electron chi connectivity index (χ4n) is 3.21. The van der Waals surface area contributed by atoms with E-state index in [1.165, 1.54) is 0 Å². The summed E-state index contributed by atoms with van der Waals surface area (Å²) in [7, 11) is 0. The zero-order valence-electron chi connectivity index (χ0n) is 22.3. The van der Waals surface area contributed by atoms with E-state index in [1.54, 1.807) is 38.1 Å². The summed E-state index contributed by atoms with van der Waals surface area (Å²) < 4.78 is 34.4. The van der Waals surface area contributed by atoms with Crippen molar-refractivity contribution in [3.8, 4) is 0 Å². The maximum Gasteiger partial charge on any atom is 0.437 e. The smallest absolute Gasteiger partial charge is 0.437 e. The minimum atomic E-state index is -2.90. The second-order valence-corrected chi connectivity index (χ2v) is 8.45. The lowest BCUT2D eigenvalue weighted by atomic mass is 10.0. The van der Waals surface area contributed by atoms with E-state index in [2.05, 4.69) is 22.5 Å². The first-order chi connectivity index (χ1) is 17.0. The highest BCUT2D eigenvalue weighted by Gasteiger charge is 2.24. The van der Waals surface area contributed by atoms with Gasteiger partial charge in [0.1, 0.15) is 18.8 Å². The summed E-state index contributed by atoms with van der Waals surface area (Å²) in [5, 5.41) is 2.39. The van der Waals surface area contributed by atoms with Gasteiger partial charge in [-0.05, 0) is 57.9 Å². The number of benzene rings is 1. The minimum absolute atomic E-state index is 0.0953. The summed E-state index contributed by atoms with van der Waals surface area (Å²) in [5.41, 5.74) is -0.120. The van der Waals surface area contributed by atoms with Gasteiger partial charge in [0.25, 0.3) is 0 Å². The first-order valence-electron chi connectivity index (χ1n) is 12.7. The molecule has 0 radical (unpaired) electrons. The van der Waals surface area contributed by atoms with Crippen LogP contribution in [0.2, 0.25) is 0 Å². The lowest BCUT2D eigenvalue weighted by molar-refractivity contribution is -0.157. The van der Waals surface area contributed by atoms with E-state index in [0.29, 0.717) is 23.3 Å². The molecule has 0 saturated heterocycles. The number of rotatable bonds is 2. The van der Waals surface area contributed by atoms with Crippen LogP contribution in [0.5, 0.6) is 0 Å². The molecular weight excluding hydrogens is 422 g/mol. The van der Waals surface area contributed by atoms with E-state index in [1.807, 2.05) is 6.07 Å². The number of hydrogen-bond donors (Lipinski definition) is 1. The van der Waals surface area contributed by atoms with Gasteiger partial charge >= 0.3 is 12.1 Å². The summed E-state index contributed by atoms with van der Waals surface area (Å²) in [6.45, 7) is -0.241. The van der Waals surface area contributed by atoms with Crippen LogP contribution in [0.15, 0.2) is 47.5 Å². The van der Waals surface area contributed by atoms with Gasteiger partial charge in [-0.25, -0.2) is 4.79 Å². The number of nitrogens with one attached hydrogen (secondary N) is 1. The summed E-state index contributed by atoms with van der Waals surface area (Å²) in [6, 6.07) is 8.86. The molecule has 0 aromatic heterocycles. The second-order valence-electron chi connectivity index (χ2n) is 8.45. The molecule has 1 heterocycles. The van der Waals surface area contributed by atoms with Crippen molar-refractivity contribution in [2.24, 2.45) is 4.99 Å². The monoisotopic (exact) mass is 460 g/mol.